The summed E-state index contributed by atoms with van der Waals surface area (Å²) in [4.78, 5) is 35.4. The molecule has 0 spiro atoms. The van der Waals surface area contributed by atoms with Gasteiger partial charge in [0.1, 0.15) is 19.0 Å². The molecule has 1 N–H and O–H groups in total. The third-order valence-corrected chi connectivity index (χ3v) is 4.41. The maximum absolute atomic E-state index is 12.1. The van der Waals surface area contributed by atoms with Gasteiger partial charge in [0.15, 0.2) is 0 Å². The van der Waals surface area contributed by atoms with E-state index in [2.05, 4.69) is 5.43 Å². The van der Waals surface area contributed by atoms with Crippen LogP contribution in [0.2, 0.25) is 10.0 Å². The second kappa shape index (κ2) is 8.95. The molecule has 1 fully saturated rings. The summed E-state index contributed by atoms with van der Waals surface area (Å²) in [7, 11) is 0. The van der Waals surface area contributed by atoms with E-state index in [-0.39, 0.29) is 37.9 Å². The summed E-state index contributed by atoms with van der Waals surface area (Å²) in [6, 6.07) is 11.0. The van der Waals surface area contributed by atoms with Crippen molar-refractivity contribution in [1.29, 1.82) is 0 Å². The van der Waals surface area contributed by atoms with Crippen LogP contribution in [0.1, 0.15) is 23.2 Å². The first-order chi connectivity index (χ1) is 13.4. The zero-order chi connectivity index (χ0) is 20.1. The Morgan fingerprint density at radius 2 is 1.79 bits per heavy atom. The van der Waals surface area contributed by atoms with Gasteiger partial charge in [-0.25, -0.2) is 9.80 Å². The number of hydrogen-bond donors (Lipinski definition) is 1. The molecule has 1 saturated heterocycles. The molecule has 146 valence electrons. The summed E-state index contributed by atoms with van der Waals surface area (Å²) < 4.78 is 10.6. The molecule has 0 radical (unpaired) electrons. The Morgan fingerprint density at radius 1 is 1.04 bits per heavy atom. The molecule has 7 nitrogen and oxygen atoms in total. The number of esters is 1. The van der Waals surface area contributed by atoms with Crippen LogP contribution in [0.5, 0.6) is 5.75 Å². The fourth-order valence-corrected chi connectivity index (χ4v) is 2.95. The van der Waals surface area contributed by atoms with Crippen LogP contribution in [0.15, 0.2) is 42.5 Å². The van der Waals surface area contributed by atoms with Crippen LogP contribution < -0.4 is 15.2 Å². The molecule has 3 rings (SSSR count). The normalized spacial score (nSPS) is 13.9. The minimum absolute atomic E-state index is 0.0280. The number of hydrogen-bond acceptors (Lipinski definition) is 5. The van der Waals surface area contributed by atoms with Gasteiger partial charge < -0.3 is 9.47 Å². The summed E-state index contributed by atoms with van der Waals surface area (Å²) in [5, 5.41) is 2.04. The Labute approximate surface area is 171 Å². The number of nitrogens with zero attached hydrogens (tertiary/aromatic N) is 1. The third kappa shape index (κ3) is 4.94. The number of amides is 2. The van der Waals surface area contributed by atoms with Gasteiger partial charge in [-0.05, 0) is 42.5 Å². The Kier molecular flexibility index (Phi) is 6.38. The van der Waals surface area contributed by atoms with Crippen molar-refractivity contribution in [2.75, 3.05) is 18.2 Å². The molecular weight excluding hydrogens is 407 g/mol. The van der Waals surface area contributed by atoms with Crippen molar-refractivity contribution in [1.82, 2.24) is 5.43 Å². The summed E-state index contributed by atoms with van der Waals surface area (Å²) in [5.41, 5.74) is 3.27. The Hall–Kier alpha value is -2.77. The molecule has 0 saturated carbocycles. The minimum Gasteiger partial charge on any atom is -0.488 e. The van der Waals surface area contributed by atoms with Gasteiger partial charge in [-0.3, -0.25) is 15.0 Å². The number of halogens is 2. The lowest BCUT2D eigenvalue weighted by Gasteiger charge is -2.27. The number of hydrazine groups is 1. The summed E-state index contributed by atoms with van der Waals surface area (Å²) in [5.74, 6) is -0.539. The van der Waals surface area contributed by atoms with Gasteiger partial charge in [-0.2, -0.15) is 0 Å². The fourth-order valence-electron chi connectivity index (χ4n) is 2.49. The van der Waals surface area contributed by atoms with Crippen molar-refractivity contribution in [3.8, 4) is 5.75 Å². The lowest BCUT2D eigenvalue weighted by Crippen LogP contribution is -2.50. The van der Waals surface area contributed by atoms with E-state index in [0.717, 1.165) is 0 Å². The maximum atomic E-state index is 12.1. The number of benzene rings is 2. The first kappa shape index (κ1) is 20.0. The molecule has 28 heavy (non-hydrogen) atoms. The zero-order valence-corrected chi connectivity index (χ0v) is 16.1. The molecule has 0 aromatic heterocycles. The maximum Gasteiger partial charge on any atom is 0.338 e. The number of anilines is 1. The number of carbonyl (C=O) groups excluding carboxylic acids is 3. The second-order valence-electron chi connectivity index (χ2n) is 5.87. The topological polar surface area (TPSA) is 84.9 Å². The highest BCUT2D eigenvalue weighted by Gasteiger charge is 2.24. The van der Waals surface area contributed by atoms with Gasteiger partial charge in [-0.15, -0.1) is 0 Å². The Morgan fingerprint density at radius 3 is 2.50 bits per heavy atom. The van der Waals surface area contributed by atoms with Crippen molar-refractivity contribution in [2.45, 2.75) is 12.8 Å². The van der Waals surface area contributed by atoms with Gasteiger partial charge in [0.2, 0.25) is 11.8 Å². The highest BCUT2D eigenvalue weighted by molar-refractivity contribution is 6.35. The average molecular weight is 423 g/mol. The molecule has 0 unspecified atom stereocenters. The predicted octanol–water partition coefficient (Wildman–Crippen LogP) is 3.39. The molecule has 1 aliphatic heterocycles. The molecule has 1 heterocycles. The highest BCUT2D eigenvalue weighted by Crippen LogP contribution is 2.27. The van der Waals surface area contributed by atoms with Crippen LogP contribution in [0.4, 0.5) is 5.69 Å². The standard InChI is InChI=1S/C19H16Cl2N2O5/c20-13-3-6-16(15(21)11-13)27-9-10-28-19(26)12-1-4-14(5-2-12)23-18(25)8-7-17(24)22-23/h1-6,11H,7-10H2,(H,22,24). The van der Waals surface area contributed by atoms with Crippen molar-refractivity contribution in [3.63, 3.8) is 0 Å². The van der Waals surface area contributed by atoms with Gasteiger partial charge in [-0.1, -0.05) is 23.2 Å². The lowest BCUT2D eigenvalue weighted by atomic mass is 10.2. The van der Waals surface area contributed by atoms with Gasteiger partial charge in [0.05, 0.1) is 16.3 Å². The Bertz CT molecular complexity index is 902. The fraction of sp³-hybridized carbons (Fsp3) is 0.211. The Balaban J connectivity index is 1.50. The monoisotopic (exact) mass is 422 g/mol. The summed E-state index contributed by atoms with van der Waals surface area (Å²) >= 11 is 11.8. The molecule has 2 amide bonds. The minimum atomic E-state index is -0.536. The molecule has 2 aromatic rings. The van der Waals surface area contributed by atoms with Gasteiger partial charge in [0.25, 0.3) is 0 Å². The van der Waals surface area contributed by atoms with E-state index in [0.29, 0.717) is 27.0 Å². The van der Waals surface area contributed by atoms with Crippen LogP contribution in [0.25, 0.3) is 0 Å². The van der Waals surface area contributed by atoms with Crippen molar-refractivity contribution >= 4 is 46.7 Å². The van der Waals surface area contributed by atoms with E-state index < -0.39 is 5.97 Å². The summed E-state index contributed by atoms with van der Waals surface area (Å²) in [6.45, 7) is 0.152. The van der Waals surface area contributed by atoms with E-state index in [9.17, 15) is 14.4 Å². The van der Waals surface area contributed by atoms with Crippen molar-refractivity contribution in [2.24, 2.45) is 0 Å². The first-order valence-electron chi connectivity index (χ1n) is 8.41. The smallest absolute Gasteiger partial charge is 0.338 e. The lowest BCUT2D eigenvalue weighted by molar-refractivity contribution is -0.130. The van der Waals surface area contributed by atoms with Crippen molar-refractivity contribution in [3.05, 3.63) is 58.1 Å². The van der Waals surface area contributed by atoms with Crippen LogP contribution >= 0.6 is 23.2 Å². The number of rotatable bonds is 6. The summed E-state index contributed by atoms with van der Waals surface area (Å²) in [6.07, 6.45) is 0.316. The van der Waals surface area contributed by atoms with Crippen LogP contribution in [0.3, 0.4) is 0 Å². The highest BCUT2D eigenvalue weighted by atomic mass is 35.5. The average Bonchev–Trinajstić information content (AvgIpc) is 2.68. The van der Waals surface area contributed by atoms with Crippen LogP contribution in [-0.2, 0) is 14.3 Å². The van der Waals surface area contributed by atoms with E-state index >= 15 is 0 Å². The largest absolute Gasteiger partial charge is 0.488 e. The van der Waals surface area contributed by atoms with E-state index in [1.807, 2.05) is 0 Å². The predicted molar refractivity (Wildman–Crippen MR) is 104 cm³/mol. The number of ether oxygens (including phenoxy) is 2. The molecule has 2 aromatic carbocycles. The van der Waals surface area contributed by atoms with Gasteiger partial charge >= 0.3 is 5.97 Å². The van der Waals surface area contributed by atoms with Crippen molar-refractivity contribution < 1.29 is 23.9 Å². The molecule has 0 aliphatic carbocycles. The van der Waals surface area contributed by atoms with Crippen LogP contribution in [-0.4, -0.2) is 31.0 Å². The number of carbonyl (C=O) groups is 3. The van der Waals surface area contributed by atoms with Gasteiger partial charge in [0, 0.05) is 17.9 Å². The molecule has 9 heteroatoms. The molecule has 0 bridgehead atoms. The molecule has 1 aliphatic rings. The SMILES string of the molecule is O=C1CCC(=O)N(c2ccc(C(=O)OCCOc3ccc(Cl)cc3Cl)cc2)N1. The molecular formula is C19H16Cl2N2O5. The number of nitrogens with one attached hydrogen (secondary N) is 1. The van der Waals surface area contributed by atoms with E-state index in [1.165, 1.54) is 17.1 Å². The molecule has 0 atom stereocenters. The third-order valence-electron chi connectivity index (χ3n) is 3.88. The second-order valence-corrected chi connectivity index (χ2v) is 6.71. The van der Waals surface area contributed by atoms with E-state index in [4.69, 9.17) is 32.7 Å². The quantitative estimate of drug-likeness (QED) is 0.569. The zero-order valence-electron chi connectivity index (χ0n) is 14.6. The first-order valence-corrected chi connectivity index (χ1v) is 9.17. The van der Waals surface area contributed by atoms with E-state index in [1.54, 1.807) is 30.3 Å². The van der Waals surface area contributed by atoms with Crippen LogP contribution in [0, 0.1) is 0 Å².